The average Bonchev–Trinajstić information content (AvgIpc) is 2.51. The SMILES string of the molecule is CCCC(=O)c1sccc1CC. The minimum Gasteiger partial charge on any atom is -0.293 e. The van der Waals surface area contributed by atoms with Crippen molar-refractivity contribution in [2.75, 3.05) is 0 Å². The summed E-state index contributed by atoms with van der Waals surface area (Å²) in [6.07, 6.45) is 2.60. The number of hydrogen-bond acceptors (Lipinski definition) is 2. The molecule has 0 radical (unpaired) electrons. The maximum absolute atomic E-state index is 11.5. The Bertz CT molecular complexity index is 263. The van der Waals surface area contributed by atoms with Crippen LogP contribution in [0, 0.1) is 0 Å². The van der Waals surface area contributed by atoms with Crippen LogP contribution in [0.2, 0.25) is 0 Å². The molecule has 0 aliphatic carbocycles. The van der Waals surface area contributed by atoms with Gasteiger partial charge in [0.15, 0.2) is 5.78 Å². The lowest BCUT2D eigenvalue weighted by atomic mass is 10.1. The fourth-order valence-corrected chi connectivity index (χ4v) is 2.17. The topological polar surface area (TPSA) is 17.1 Å². The van der Waals surface area contributed by atoms with Crippen LogP contribution in [0.15, 0.2) is 11.4 Å². The van der Waals surface area contributed by atoms with Gasteiger partial charge in [-0.05, 0) is 29.9 Å². The largest absolute Gasteiger partial charge is 0.293 e. The zero-order valence-corrected chi connectivity index (χ0v) is 8.41. The lowest BCUT2D eigenvalue weighted by molar-refractivity contribution is 0.0985. The highest BCUT2D eigenvalue weighted by Gasteiger charge is 2.09. The Balaban J connectivity index is 2.79. The Morgan fingerprint density at radius 3 is 2.83 bits per heavy atom. The van der Waals surface area contributed by atoms with Crippen molar-refractivity contribution in [3.63, 3.8) is 0 Å². The van der Waals surface area contributed by atoms with Crippen LogP contribution in [0.25, 0.3) is 0 Å². The van der Waals surface area contributed by atoms with Gasteiger partial charge in [-0.25, -0.2) is 0 Å². The van der Waals surface area contributed by atoms with Gasteiger partial charge in [0.05, 0.1) is 4.88 Å². The number of ketones is 1. The van der Waals surface area contributed by atoms with Crippen LogP contribution in [0.5, 0.6) is 0 Å². The van der Waals surface area contributed by atoms with E-state index < -0.39 is 0 Å². The first kappa shape index (κ1) is 9.46. The summed E-state index contributed by atoms with van der Waals surface area (Å²) in [6.45, 7) is 4.13. The van der Waals surface area contributed by atoms with Gasteiger partial charge < -0.3 is 0 Å². The smallest absolute Gasteiger partial charge is 0.173 e. The molecule has 0 fully saturated rings. The maximum Gasteiger partial charge on any atom is 0.173 e. The molecule has 0 amide bonds. The van der Waals surface area contributed by atoms with Crippen LogP contribution in [0.3, 0.4) is 0 Å². The van der Waals surface area contributed by atoms with Gasteiger partial charge in [-0.15, -0.1) is 11.3 Å². The molecule has 0 bridgehead atoms. The Morgan fingerprint density at radius 2 is 2.25 bits per heavy atom. The van der Waals surface area contributed by atoms with E-state index >= 15 is 0 Å². The third-order valence-corrected chi connectivity index (χ3v) is 2.86. The molecule has 0 atom stereocenters. The number of aryl methyl sites for hydroxylation is 1. The molecular formula is C10H14OS. The highest BCUT2D eigenvalue weighted by molar-refractivity contribution is 7.12. The monoisotopic (exact) mass is 182 g/mol. The third-order valence-electron chi connectivity index (χ3n) is 1.86. The van der Waals surface area contributed by atoms with Gasteiger partial charge in [-0.2, -0.15) is 0 Å². The van der Waals surface area contributed by atoms with Crippen molar-refractivity contribution in [3.8, 4) is 0 Å². The van der Waals surface area contributed by atoms with E-state index in [1.165, 1.54) is 5.56 Å². The summed E-state index contributed by atoms with van der Waals surface area (Å²) in [5.74, 6) is 0.310. The predicted molar refractivity (Wildman–Crippen MR) is 52.9 cm³/mol. The van der Waals surface area contributed by atoms with Crippen molar-refractivity contribution < 1.29 is 4.79 Å². The number of thiophene rings is 1. The van der Waals surface area contributed by atoms with E-state index in [2.05, 4.69) is 6.92 Å². The molecular weight excluding hydrogens is 168 g/mol. The van der Waals surface area contributed by atoms with Crippen molar-refractivity contribution in [1.82, 2.24) is 0 Å². The standard InChI is InChI=1S/C10H14OS/c1-3-5-9(11)10-8(4-2)6-7-12-10/h6-7H,3-5H2,1-2H3. The molecule has 0 unspecified atom stereocenters. The normalized spacial score (nSPS) is 10.2. The van der Waals surface area contributed by atoms with Gasteiger partial charge >= 0.3 is 0 Å². The zero-order valence-electron chi connectivity index (χ0n) is 7.59. The molecule has 0 aliphatic heterocycles. The first-order chi connectivity index (χ1) is 5.79. The van der Waals surface area contributed by atoms with Gasteiger partial charge in [-0.1, -0.05) is 13.8 Å². The van der Waals surface area contributed by atoms with Crippen LogP contribution in [0.4, 0.5) is 0 Å². The molecule has 0 aromatic carbocycles. The second kappa shape index (κ2) is 4.41. The minimum absolute atomic E-state index is 0.310. The first-order valence-electron chi connectivity index (χ1n) is 4.39. The summed E-state index contributed by atoms with van der Waals surface area (Å²) in [4.78, 5) is 12.5. The Morgan fingerprint density at radius 1 is 1.50 bits per heavy atom. The highest BCUT2D eigenvalue weighted by Crippen LogP contribution is 2.19. The van der Waals surface area contributed by atoms with Crippen molar-refractivity contribution >= 4 is 17.1 Å². The van der Waals surface area contributed by atoms with E-state index in [1.54, 1.807) is 11.3 Å². The van der Waals surface area contributed by atoms with Gasteiger partial charge in [0.2, 0.25) is 0 Å². The quantitative estimate of drug-likeness (QED) is 0.653. The minimum atomic E-state index is 0.310. The van der Waals surface area contributed by atoms with E-state index in [0.29, 0.717) is 12.2 Å². The summed E-state index contributed by atoms with van der Waals surface area (Å²) < 4.78 is 0. The molecule has 0 N–H and O–H groups in total. The van der Waals surface area contributed by atoms with Crippen molar-refractivity contribution in [1.29, 1.82) is 0 Å². The van der Waals surface area contributed by atoms with Crippen molar-refractivity contribution in [3.05, 3.63) is 21.9 Å². The lowest BCUT2D eigenvalue weighted by Gasteiger charge is -1.97. The van der Waals surface area contributed by atoms with Crippen LogP contribution in [0.1, 0.15) is 41.9 Å². The molecule has 1 nitrogen and oxygen atoms in total. The van der Waals surface area contributed by atoms with Crippen molar-refractivity contribution in [2.45, 2.75) is 33.1 Å². The van der Waals surface area contributed by atoms with Crippen LogP contribution in [-0.4, -0.2) is 5.78 Å². The Kier molecular flexibility index (Phi) is 3.48. The van der Waals surface area contributed by atoms with Gasteiger partial charge in [0.25, 0.3) is 0 Å². The molecule has 2 heteroatoms. The molecule has 0 saturated carbocycles. The summed E-state index contributed by atoms with van der Waals surface area (Å²) in [5, 5.41) is 2.00. The summed E-state index contributed by atoms with van der Waals surface area (Å²) in [7, 11) is 0. The highest BCUT2D eigenvalue weighted by atomic mass is 32.1. The van der Waals surface area contributed by atoms with Crippen LogP contribution < -0.4 is 0 Å². The first-order valence-corrected chi connectivity index (χ1v) is 5.27. The second-order valence-corrected chi connectivity index (χ2v) is 3.72. The van der Waals surface area contributed by atoms with Crippen LogP contribution in [-0.2, 0) is 6.42 Å². The fraction of sp³-hybridized carbons (Fsp3) is 0.500. The molecule has 12 heavy (non-hydrogen) atoms. The zero-order chi connectivity index (χ0) is 8.97. The van der Waals surface area contributed by atoms with E-state index in [0.717, 1.165) is 17.7 Å². The third kappa shape index (κ3) is 1.95. The van der Waals surface area contributed by atoms with E-state index in [-0.39, 0.29) is 0 Å². The number of Topliss-reactive ketones (excluding diaryl/α,β-unsaturated/α-hetero) is 1. The number of carbonyl (C=O) groups excluding carboxylic acids is 1. The van der Waals surface area contributed by atoms with Gasteiger partial charge in [-0.3, -0.25) is 4.79 Å². The van der Waals surface area contributed by atoms with Crippen LogP contribution >= 0.6 is 11.3 Å². The van der Waals surface area contributed by atoms with Gasteiger partial charge in [0.1, 0.15) is 0 Å². The van der Waals surface area contributed by atoms with E-state index in [1.807, 2.05) is 18.4 Å². The molecule has 1 aromatic heterocycles. The summed E-state index contributed by atoms with van der Waals surface area (Å²) in [6, 6.07) is 2.05. The number of hydrogen-bond donors (Lipinski definition) is 0. The van der Waals surface area contributed by atoms with Crippen molar-refractivity contribution in [2.24, 2.45) is 0 Å². The molecule has 1 rings (SSSR count). The average molecular weight is 182 g/mol. The Labute approximate surface area is 77.4 Å². The second-order valence-electron chi connectivity index (χ2n) is 2.80. The maximum atomic E-state index is 11.5. The fourth-order valence-electron chi connectivity index (χ4n) is 1.20. The molecule has 0 aliphatic rings. The summed E-state index contributed by atoms with van der Waals surface area (Å²) >= 11 is 1.57. The number of rotatable bonds is 4. The Hall–Kier alpha value is -0.630. The van der Waals surface area contributed by atoms with Gasteiger partial charge in [0, 0.05) is 6.42 Å². The molecule has 1 aromatic rings. The molecule has 0 spiro atoms. The predicted octanol–water partition coefficient (Wildman–Crippen LogP) is 3.29. The molecule has 1 heterocycles. The molecule has 66 valence electrons. The summed E-state index contributed by atoms with van der Waals surface area (Å²) in [5.41, 5.74) is 1.21. The molecule has 0 saturated heterocycles. The lowest BCUT2D eigenvalue weighted by Crippen LogP contribution is -1.97. The van der Waals surface area contributed by atoms with E-state index in [9.17, 15) is 4.79 Å². The van der Waals surface area contributed by atoms with E-state index in [4.69, 9.17) is 0 Å². The number of carbonyl (C=O) groups is 1.